The summed E-state index contributed by atoms with van der Waals surface area (Å²) in [6, 6.07) is -0.242. The normalized spacial score (nSPS) is 11.8. The first kappa shape index (κ1) is 13.4. The Balaban J connectivity index is 2.93. The fourth-order valence-electron chi connectivity index (χ4n) is 0.887. The molecule has 0 aromatic carbocycles. The number of hydrogen-bond acceptors (Lipinski definition) is 4. The van der Waals surface area contributed by atoms with E-state index >= 15 is 0 Å². The van der Waals surface area contributed by atoms with E-state index in [9.17, 15) is 8.42 Å². The Morgan fingerprint density at radius 2 is 1.94 bits per heavy atom. The standard InChI is InChI=1S/C7H10Cl2N4O2S/c1-4(2)12-16(14,15)13-7-5(8)6(9)10-3-11-7/h3-4,12H,1-2H3,(H,10,11,13). The van der Waals surface area contributed by atoms with E-state index in [1.807, 2.05) is 0 Å². The summed E-state index contributed by atoms with van der Waals surface area (Å²) < 4.78 is 27.4. The molecular formula is C7H10Cl2N4O2S. The van der Waals surface area contributed by atoms with Gasteiger partial charge in [-0.25, -0.2) is 9.97 Å². The molecule has 9 heteroatoms. The van der Waals surface area contributed by atoms with Gasteiger partial charge in [-0.15, -0.1) is 0 Å². The van der Waals surface area contributed by atoms with Crippen molar-refractivity contribution >= 4 is 39.2 Å². The number of halogens is 2. The maximum absolute atomic E-state index is 11.5. The van der Waals surface area contributed by atoms with Crippen LogP contribution in [0.1, 0.15) is 13.8 Å². The summed E-state index contributed by atoms with van der Waals surface area (Å²) in [5.41, 5.74) is 0. The lowest BCUT2D eigenvalue weighted by Gasteiger charge is -2.11. The molecule has 0 aliphatic carbocycles. The molecule has 0 unspecified atom stereocenters. The number of anilines is 1. The number of hydrogen-bond donors (Lipinski definition) is 2. The molecule has 1 rings (SSSR count). The summed E-state index contributed by atoms with van der Waals surface area (Å²) >= 11 is 11.3. The van der Waals surface area contributed by atoms with Crippen LogP contribution in [0.15, 0.2) is 6.33 Å². The number of nitrogens with zero attached hydrogens (tertiary/aromatic N) is 2. The molecule has 2 N–H and O–H groups in total. The van der Waals surface area contributed by atoms with Crippen LogP contribution in [0.25, 0.3) is 0 Å². The van der Waals surface area contributed by atoms with Crippen LogP contribution in [0.4, 0.5) is 5.82 Å². The summed E-state index contributed by atoms with van der Waals surface area (Å²) in [6.07, 6.45) is 1.11. The first-order chi connectivity index (χ1) is 7.32. The van der Waals surface area contributed by atoms with Gasteiger partial charge < -0.3 is 0 Å². The number of aromatic nitrogens is 2. The Bertz CT molecular complexity index is 477. The molecule has 1 heterocycles. The van der Waals surface area contributed by atoms with Gasteiger partial charge in [-0.1, -0.05) is 23.2 Å². The van der Waals surface area contributed by atoms with Gasteiger partial charge in [0, 0.05) is 6.04 Å². The summed E-state index contributed by atoms with van der Waals surface area (Å²) in [6.45, 7) is 3.38. The Labute approximate surface area is 104 Å². The number of nitrogens with one attached hydrogen (secondary N) is 2. The van der Waals surface area contributed by atoms with Gasteiger partial charge in [-0.2, -0.15) is 13.1 Å². The summed E-state index contributed by atoms with van der Waals surface area (Å²) in [5, 5.41) is -0.0581. The quantitative estimate of drug-likeness (QED) is 0.820. The minimum atomic E-state index is -3.71. The lowest BCUT2D eigenvalue weighted by Crippen LogP contribution is -2.35. The summed E-state index contributed by atoms with van der Waals surface area (Å²) in [5.74, 6) is -0.0604. The third-order valence-electron chi connectivity index (χ3n) is 1.37. The monoisotopic (exact) mass is 284 g/mol. The molecule has 0 bridgehead atoms. The van der Waals surface area contributed by atoms with Gasteiger partial charge in [0.2, 0.25) is 0 Å². The van der Waals surface area contributed by atoms with Crippen LogP contribution >= 0.6 is 23.2 Å². The number of rotatable bonds is 4. The second-order valence-electron chi connectivity index (χ2n) is 3.21. The SMILES string of the molecule is CC(C)NS(=O)(=O)Nc1ncnc(Cl)c1Cl. The van der Waals surface area contributed by atoms with E-state index in [4.69, 9.17) is 23.2 Å². The van der Waals surface area contributed by atoms with Gasteiger partial charge in [0.25, 0.3) is 0 Å². The van der Waals surface area contributed by atoms with Crippen molar-refractivity contribution in [1.82, 2.24) is 14.7 Å². The van der Waals surface area contributed by atoms with Crippen molar-refractivity contribution in [3.63, 3.8) is 0 Å². The van der Waals surface area contributed by atoms with E-state index in [-0.39, 0.29) is 22.0 Å². The molecule has 0 atom stereocenters. The lowest BCUT2D eigenvalue weighted by molar-refractivity contribution is 0.575. The molecular weight excluding hydrogens is 275 g/mol. The van der Waals surface area contributed by atoms with Crippen molar-refractivity contribution in [1.29, 1.82) is 0 Å². The van der Waals surface area contributed by atoms with Crippen LogP contribution < -0.4 is 9.44 Å². The highest BCUT2D eigenvalue weighted by Gasteiger charge is 2.15. The van der Waals surface area contributed by atoms with Gasteiger partial charge >= 0.3 is 10.2 Å². The highest BCUT2D eigenvalue weighted by atomic mass is 35.5. The highest BCUT2D eigenvalue weighted by Crippen LogP contribution is 2.25. The van der Waals surface area contributed by atoms with Crippen LogP contribution in [0, 0.1) is 0 Å². The van der Waals surface area contributed by atoms with E-state index in [2.05, 4.69) is 19.4 Å². The minimum absolute atomic E-state index is 0.0149. The smallest absolute Gasteiger partial charge is 0.253 e. The fraction of sp³-hybridized carbons (Fsp3) is 0.429. The van der Waals surface area contributed by atoms with Gasteiger partial charge in [0.05, 0.1) is 0 Å². The predicted molar refractivity (Wildman–Crippen MR) is 62.9 cm³/mol. The molecule has 0 spiro atoms. The molecule has 0 radical (unpaired) electrons. The molecule has 16 heavy (non-hydrogen) atoms. The molecule has 6 nitrogen and oxygen atoms in total. The largest absolute Gasteiger partial charge is 0.300 e. The zero-order chi connectivity index (χ0) is 12.3. The van der Waals surface area contributed by atoms with Crippen molar-refractivity contribution in [2.45, 2.75) is 19.9 Å². The molecule has 0 amide bonds. The molecule has 90 valence electrons. The molecule has 0 aliphatic heterocycles. The van der Waals surface area contributed by atoms with Crippen molar-refractivity contribution in [3.05, 3.63) is 16.5 Å². The Kier molecular flexibility index (Phi) is 4.31. The van der Waals surface area contributed by atoms with Crippen LogP contribution in [0.5, 0.6) is 0 Å². The van der Waals surface area contributed by atoms with Gasteiger partial charge in [-0.05, 0) is 13.8 Å². The zero-order valence-electron chi connectivity index (χ0n) is 8.53. The minimum Gasteiger partial charge on any atom is -0.253 e. The Hall–Kier alpha value is -0.630. The van der Waals surface area contributed by atoms with Crippen LogP contribution in [0.2, 0.25) is 10.2 Å². The third-order valence-corrected chi connectivity index (χ3v) is 3.35. The van der Waals surface area contributed by atoms with Crippen molar-refractivity contribution in [2.24, 2.45) is 0 Å². The summed E-state index contributed by atoms with van der Waals surface area (Å²) in [7, 11) is -3.71. The van der Waals surface area contributed by atoms with Crippen LogP contribution in [-0.4, -0.2) is 24.4 Å². The fourth-order valence-corrected chi connectivity index (χ4v) is 2.31. The average Bonchev–Trinajstić information content (AvgIpc) is 2.10. The summed E-state index contributed by atoms with van der Waals surface area (Å²) in [4.78, 5) is 7.27. The maximum Gasteiger partial charge on any atom is 0.300 e. The van der Waals surface area contributed by atoms with E-state index < -0.39 is 10.2 Å². The van der Waals surface area contributed by atoms with Gasteiger partial charge in [0.15, 0.2) is 11.0 Å². The van der Waals surface area contributed by atoms with E-state index in [0.29, 0.717) is 0 Å². The van der Waals surface area contributed by atoms with Gasteiger partial charge in [-0.3, -0.25) is 4.72 Å². The first-order valence-electron chi connectivity index (χ1n) is 4.28. The first-order valence-corrected chi connectivity index (χ1v) is 6.52. The second kappa shape index (κ2) is 5.13. The van der Waals surface area contributed by atoms with Crippen molar-refractivity contribution < 1.29 is 8.42 Å². The third kappa shape index (κ3) is 3.75. The molecule has 1 aromatic rings. The second-order valence-corrected chi connectivity index (χ2v) is 5.39. The van der Waals surface area contributed by atoms with Crippen molar-refractivity contribution in [2.75, 3.05) is 4.72 Å². The maximum atomic E-state index is 11.5. The van der Waals surface area contributed by atoms with E-state index in [1.54, 1.807) is 13.8 Å². The van der Waals surface area contributed by atoms with Crippen molar-refractivity contribution in [3.8, 4) is 0 Å². The lowest BCUT2D eigenvalue weighted by atomic mass is 10.4. The van der Waals surface area contributed by atoms with E-state index in [0.717, 1.165) is 6.33 Å². The topological polar surface area (TPSA) is 84.0 Å². The molecule has 0 aliphatic rings. The Morgan fingerprint density at radius 1 is 1.31 bits per heavy atom. The molecule has 0 saturated heterocycles. The zero-order valence-corrected chi connectivity index (χ0v) is 10.9. The van der Waals surface area contributed by atoms with Crippen LogP contribution in [0.3, 0.4) is 0 Å². The molecule has 0 saturated carbocycles. The van der Waals surface area contributed by atoms with Gasteiger partial charge in [0.1, 0.15) is 11.3 Å². The van der Waals surface area contributed by atoms with Crippen LogP contribution in [-0.2, 0) is 10.2 Å². The molecule has 0 fully saturated rings. The molecule has 1 aromatic heterocycles. The predicted octanol–water partition coefficient (Wildman–Crippen LogP) is 1.44. The highest BCUT2D eigenvalue weighted by molar-refractivity contribution is 7.90. The van der Waals surface area contributed by atoms with E-state index in [1.165, 1.54) is 0 Å². The Morgan fingerprint density at radius 3 is 2.50 bits per heavy atom. The average molecular weight is 285 g/mol.